The summed E-state index contributed by atoms with van der Waals surface area (Å²) >= 11 is 6.22. The number of ether oxygens (including phenoxy) is 2. The van der Waals surface area contributed by atoms with E-state index in [2.05, 4.69) is 15.3 Å². The molecule has 7 heteroatoms. The zero-order valence-electron chi connectivity index (χ0n) is 13.3. The Morgan fingerprint density at radius 2 is 2.17 bits per heavy atom. The van der Waals surface area contributed by atoms with Gasteiger partial charge in [0, 0.05) is 25.2 Å². The molecule has 1 saturated heterocycles. The number of carbonyl (C=O) groups is 1. The van der Waals surface area contributed by atoms with Crippen LogP contribution in [0.5, 0.6) is 5.88 Å². The lowest BCUT2D eigenvalue weighted by atomic mass is 10.1. The van der Waals surface area contributed by atoms with E-state index in [0.29, 0.717) is 35.4 Å². The Bertz CT molecular complexity index is 733. The van der Waals surface area contributed by atoms with Crippen LogP contribution in [0.25, 0.3) is 0 Å². The molecular formula is C17H18ClN3O3. The van der Waals surface area contributed by atoms with Crippen LogP contribution >= 0.6 is 11.6 Å². The van der Waals surface area contributed by atoms with Crippen LogP contribution < -0.4 is 10.1 Å². The fraction of sp³-hybridized carbons (Fsp3) is 0.353. The van der Waals surface area contributed by atoms with Gasteiger partial charge in [-0.15, -0.1) is 0 Å². The van der Waals surface area contributed by atoms with Crippen LogP contribution in [-0.2, 0) is 4.74 Å². The fourth-order valence-electron chi connectivity index (χ4n) is 2.38. The van der Waals surface area contributed by atoms with Gasteiger partial charge in [-0.2, -0.15) is 0 Å². The monoisotopic (exact) mass is 347 g/mol. The topological polar surface area (TPSA) is 73.3 Å². The van der Waals surface area contributed by atoms with Gasteiger partial charge < -0.3 is 14.8 Å². The first-order valence-corrected chi connectivity index (χ1v) is 8.13. The lowest BCUT2D eigenvalue weighted by Gasteiger charge is -2.23. The first-order chi connectivity index (χ1) is 11.6. The van der Waals surface area contributed by atoms with Crippen molar-refractivity contribution in [2.24, 2.45) is 0 Å². The van der Waals surface area contributed by atoms with Crippen molar-refractivity contribution in [3.05, 3.63) is 46.9 Å². The molecule has 1 aliphatic rings. The molecule has 3 heterocycles. The van der Waals surface area contributed by atoms with Crippen molar-refractivity contribution >= 4 is 23.2 Å². The van der Waals surface area contributed by atoms with Gasteiger partial charge in [-0.05, 0) is 24.6 Å². The van der Waals surface area contributed by atoms with Gasteiger partial charge in [0.15, 0.2) is 0 Å². The van der Waals surface area contributed by atoms with E-state index in [1.54, 1.807) is 18.5 Å². The molecule has 126 valence electrons. The number of amides is 1. The van der Waals surface area contributed by atoms with E-state index in [9.17, 15) is 4.79 Å². The predicted molar refractivity (Wildman–Crippen MR) is 90.6 cm³/mol. The van der Waals surface area contributed by atoms with Crippen molar-refractivity contribution in [1.82, 2.24) is 9.97 Å². The average Bonchev–Trinajstić information content (AvgIpc) is 2.59. The molecule has 1 fully saturated rings. The zero-order chi connectivity index (χ0) is 16.9. The van der Waals surface area contributed by atoms with E-state index in [-0.39, 0.29) is 12.0 Å². The molecule has 0 saturated carbocycles. The number of aromatic nitrogens is 2. The molecule has 1 N–H and O–H groups in total. The Labute approximate surface area is 145 Å². The number of anilines is 1. The fourth-order valence-corrected chi connectivity index (χ4v) is 2.59. The Morgan fingerprint density at radius 3 is 2.88 bits per heavy atom. The Morgan fingerprint density at radius 1 is 1.38 bits per heavy atom. The standard InChI is InChI=1S/C17H18ClN3O3/c1-11-2-5-19-10-15(11)21-16(22)12-8-14(18)17(20-9-12)24-13-3-6-23-7-4-13/h2,5,8-10,13H,3-4,6-7H2,1H3,(H,21,22). The number of carbonyl (C=O) groups excluding carboxylic acids is 1. The lowest BCUT2D eigenvalue weighted by Crippen LogP contribution is -2.26. The molecular weight excluding hydrogens is 330 g/mol. The minimum atomic E-state index is -0.293. The number of pyridine rings is 2. The van der Waals surface area contributed by atoms with Crippen molar-refractivity contribution in [3.63, 3.8) is 0 Å². The molecule has 2 aromatic heterocycles. The maximum absolute atomic E-state index is 12.3. The van der Waals surface area contributed by atoms with Gasteiger partial charge >= 0.3 is 0 Å². The van der Waals surface area contributed by atoms with Crippen molar-refractivity contribution in [2.45, 2.75) is 25.9 Å². The van der Waals surface area contributed by atoms with Gasteiger partial charge in [-0.25, -0.2) is 4.98 Å². The van der Waals surface area contributed by atoms with E-state index < -0.39 is 0 Å². The summed E-state index contributed by atoms with van der Waals surface area (Å²) in [4.78, 5) is 20.5. The second-order valence-electron chi connectivity index (χ2n) is 5.59. The zero-order valence-corrected chi connectivity index (χ0v) is 14.0. The molecule has 1 amide bonds. The number of hydrogen-bond acceptors (Lipinski definition) is 5. The van der Waals surface area contributed by atoms with Gasteiger partial charge in [0.05, 0.1) is 30.7 Å². The minimum Gasteiger partial charge on any atom is -0.473 e. The van der Waals surface area contributed by atoms with E-state index >= 15 is 0 Å². The summed E-state index contributed by atoms with van der Waals surface area (Å²) < 4.78 is 11.1. The molecule has 3 rings (SSSR count). The normalized spacial score (nSPS) is 15.1. The van der Waals surface area contributed by atoms with Gasteiger partial charge in [0.25, 0.3) is 5.91 Å². The minimum absolute atomic E-state index is 0.0430. The van der Waals surface area contributed by atoms with Gasteiger partial charge in [-0.1, -0.05) is 11.6 Å². The van der Waals surface area contributed by atoms with E-state index in [4.69, 9.17) is 21.1 Å². The summed E-state index contributed by atoms with van der Waals surface area (Å²) in [7, 11) is 0. The molecule has 0 aromatic carbocycles. The number of nitrogens with zero attached hydrogens (tertiary/aromatic N) is 2. The smallest absolute Gasteiger partial charge is 0.257 e. The molecule has 0 atom stereocenters. The molecule has 0 radical (unpaired) electrons. The molecule has 0 unspecified atom stereocenters. The molecule has 0 spiro atoms. The number of halogens is 1. The highest BCUT2D eigenvalue weighted by Gasteiger charge is 2.18. The first-order valence-electron chi connectivity index (χ1n) is 7.75. The van der Waals surface area contributed by atoms with Crippen LogP contribution in [0.2, 0.25) is 5.02 Å². The SMILES string of the molecule is Cc1ccncc1NC(=O)c1cnc(OC2CCOCC2)c(Cl)c1. The Hall–Kier alpha value is -2.18. The Kier molecular flexibility index (Phi) is 5.27. The predicted octanol–water partition coefficient (Wildman–Crippen LogP) is 3.25. The van der Waals surface area contributed by atoms with Gasteiger partial charge in [0.2, 0.25) is 5.88 Å². The van der Waals surface area contributed by atoms with E-state index in [1.165, 1.54) is 6.20 Å². The number of nitrogens with one attached hydrogen (secondary N) is 1. The molecule has 0 aliphatic carbocycles. The second kappa shape index (κ2) is 7.59. The number of rotatable bonds is 4. The maximum atomic E-state index is 12.3. The summed E-state index contributed by atoms with van der Waals surface area (Å²) in [6.07, 6.45) is 6.39. The highest BCUT2D eigenvalue weighted by atomic mass is 35.5. The number of aryl methyl sites for hydroxylation is 1. The highest BCUT2D eigenvalue weighted by molar-refractivity contribution is 6.32. The van der Waals surface area contributed by atoms with Crippen LogP contribution in [0.3, 0.4) is 0 Å². The molecule has 6 nitrogen and oxygen atoms in total. The summed E-state index contributed by atoms with van der Waals surface area (Å²) in [5.41, 5.74) is 1.95. The molecule has 24 heavy (non-hydrogen) atoms. The third-order valence-electron chi connectivity index (χ3n) is 3.80. The van der Waals surface area contributed by atoms with Crippen LogP contribution in [0.1, 0.15) is 28.8 Å². The van der Waals surface area contributed by atoms with Crippen LogP contribution in [0.15, 0.2) is 30.7 Å². The largest absolute Gasteiger partial charge is 0.473 e. The van der Waals surface area contributed by atoms with Crippen molar-refractivity contribution in [1.29, 1.82) is 0 Å². The van der Waals surface area contributed by atoms with Crippen LogP contribution in [0.4, 0.5) is 5.69 Å². The third kappa shape index (κ3) is 4.01. The second-order valence-corrected chi connectivity index (χ2v) is 5.99. The van der Waals surface area contributed by atoms with E-state index in [1.807, 2.05) is 13.0 Å². The quantitative estimate of drug-likeness (QED) is 0.919. The van der Waals surface area contributed by atoms with Crippen LogP contribution in [0, 0.1) is 6.92 Å². The summed E-state index contributed by atoms with van der Waals surface area (Å²) in [5, 5.41) is 3.11. The van der Waals surface area contributed by atoms with Crippen molar-refractivity contribution in [3.8, 4) is 5.88 Å². The first kappa shape index (κ1) is 16.7. The maximum Gasteiger partial charge on any atom is 0.257 e. The molecule has 0 bridgehead atoms. The van der Waals surface area contributed by atoms with Crippen molar-refractivity contribution in [2.75, 3.05) is 18.5 Å². The molecule has 1 aliphatic heterocycles. The lowest BCUT2D eigenvalue weighted by molar-refractivity contribution is 0.0238. The third-order valence-corrected chi connectivity index (χ3v) is 4.07. The average molecular weight is 348 g/mol. The van der Waals surface area contributed by atoms with Gasteiger partial charge in [-0.3, -0.25) is 9.78 Å². The number of hydrogen-bond donors (Lipinski definition) is 1. The summed E-state index contributed by atoms with van der Waals surface area (Å²) in [5.74, 6) is 0.0517. The van der Waals surface area contributed by atoms with Crippen molar-refractivity contribution < 1.29 is 14.3 Å². The van der Waals surface area contributed by atoms with Crippen LogP contribution in [-0.4, -0.2) is 35.2 Å². The summed E-state index contributed by atoms with van der Waals surface area (Å²) in [6, 6.07) is 3.38. The molecule has 2 aromatic rings. The highest BCUT2D eigenvalue weighted by Crippen LogP contribution is 2.26. The van der Waals surface area contributed by atoms with E-state index in [0.717, 1.165) is 18.4 Å². The Balaban J connectivity index is 1.69. The van der Waals surface area contributed by atoms with Gasteiger partial charge in [0.1, 0.15) is 11.1 Å². The summed E-state index contributed by atoms with van der Waals surface area (Å²) in [6.45, 7) is 3.24.